The molecule has 3 heterocycles. The Morgan fingerprint density at radius 1 is 1.11 bits per heavy atom. The van der Waals surface area contributed by atoms with Crippen molar-refractivity contribution < 1.29 is 24.2 Å². The van der Waals surface area contributed by atoms with Crippen LogP contribution in [-0.2, 0) is 21.8 Å². The van der Waals surface area contributed by atoms with Gasteiger partial charge in [-0.15, -0.1) is 10.2 Å². The summed E-state index contributed by atoms with van der Waals surface area (Å²) in [4.78, 5) is 28.8. The zero-order valence-electron chi connectivity index (χ0n) is 24.9. The SMILES string of the molecule is CCCCCOc1cccc(C2/C(=C(\O)c3ccc4c(c3)CC(C)O4)C(=O)C(=O)N2c2nnc(SCc3ccc(Cl)cc3)s2)c1. The number of hydrogen-bond donors (Lipinski definition) is 1. The molecule has 2 unspecified atom stereocenters. The van der Waals surface area contributed by atoms with Gasteiger partial charge in [0.2, 0.25) is 5.13 Å². The van der Waals surface area contributed by atoms with Crippen molar-refractivity contribution in [1.29, 1.82) is 0 Å². The Labute approximate surface area is 275 Å². The number of nitrogens with zero attached hydrogens (tertiary/aromatic N) is 3. The van der Waals surface area contributed by atoms with Crippen molar-refractivity contribution >= 4 is 57.3 Å². The van der Waals surface area contributed by atoms with Crippen LogP contribution in [0.15, 0.2) is 76.6 Å². The third-order valence-corrected chi connectivity index (χ3v) is 10.1. The average Bonchev–Trinajstić information content (AvgIpc) is 3.73. The summed E-state index contributed by atoms with van der Waals surface area (Å²) in [6.45, 7) is 4.66. The van der Waals surface area contributed by atoms with E-state index in [1.807, 2.05) is 61.5 Å². The number of anilines is 1. The van der Waals surface area contributed by atoms with Gasteiger partial charge in [-0.05, 0) is 72.5 Å². The van der Waals surface area contributed by atoms with Gasteiger partial charge in [-0.3, -0.25) is 14.5 Å². The number of hydrogen-bond acceptors (Lipinski definition) is 9. The minimum Gasteiger partial charge on any atom is -0.507 e. The molecule has 0 aliphatic carbocycles. The van der Waals surface area contributed by atoms with Gasteiger partial charge in [0.1, 0.15) is 23.4 Å². The van der Waals surface area contributed by atoms with E-state index in [1.54, 1.807) is 12.1 Å². The molecule has 6 rings (SSSR count). The van der Waals surface area contributed by atoms with E-state index in [2.05, 4.69) is 17.1 Å². The maximum atomic E-state index is 13.7. The predicted molar refractivity (Wildman–Crippen MR) is 177 cm³/mol. The van der Waals surface area contributed by atoms with Gasteiger partial charge >= 0.3 is 5.91 Å². The van der Waals surface area contributed by atoms with Crippen molar-refractivity contribution in [2.45, 2.75) is 61.8 Å². The standard InChI is InChI=1S/C34H32ClN3O5S2/c1-3-4-5-15-42-26-8-6-7-22(18-26)29-28(30(39)23-11-14-27-24(17-23)16-20(2)43-27)31(40)32(41)38(29)33-36-37-34(45-33)44-19-21-9-12-25(35)13-10-21/h6-14,17-18,20,29,39H,3-5,15-16,19H2,1-2H3/b30-28+. The van der Waals surface area contributed by atoms with Crippen molar-refractivity contribution in [3.8, 4) is 11.5 Å². The lowest BCUT2D eigenvalue weighted by Crippen LogP contribution is -2.29. The molecule has 2 aliphatic heterocycles. The molecule has 0 bridgehead atoms. The first kappa shape index (κ1) is 31.1. The molecule has 3 aromatic carbocycles. The lowest BCUT2D eigenvalue weighted by atomic mass is 9.94. The van der Waals surface area contributed by atoms with Crippen LogP contribution in [-0.4, -0.2) is 39.7 Å². The maximum absolute atomic E-state index is 13.7. The van der Waals surface area contributed by atoms with Crippen LogP contribution in [0.4, 0.5) is 5.13 Å². The Hall–Kier alpha value is -3.86. The van der Waals surface area contributed by atoms with E-state index in [-0.39, 0.29) is 22.6 Å². The number of ketones is 1. The monoisotopic (exact) mass is 661 g/mol. The lowest BCUT2D eigenvalue weighted by molar-refractivity contribution is -0.132. The minimum absolute atomic E-state index is 0.0133. The number of halogens is 1. The van der Waals surface area contributed by atoms with Crippen molar-refractivity contribution in [2.24, 2.45) is 0 Å². The van der Waals surface area contributed by atoms with Gasteiger partial charge in [0.05, 0.1) is 18.2 Å². The summed E-state index contributed by atoms with van der Waals surface area (Å²) in [5.41, 5.74) is 3.05. The molecule has 1 aromatic heterocycles. The molecule has 8 nitrogen and oxygen atoms in total. The Bertz CT molecular complexity index is 1760. The number of aliphatic hydroxyl groups is 1. The van der Waals surface area contributed by atoms with Crippen LogP contribution in [0.25, 0.3) is 5.76 Å². The number of amides is 1. The van der Waals surface area contributed by atoms with Gasteiger partial charge in [0, 0.05) is 22.8 Å². The van der Waals surface area contributed by atoms with E-state index < -0.39 is 17.7 Å². The molecule has 2 aliphatic rings. The number of ether oxygens (including phenoxy) is 2. The number of benzene rings is 3. The normalized spacial score (nSPS) is 18.7. The first-order valence-corrected chi connectivity index (χ1v) is 17.0. The summed E-state index contributed by atoms with van der Waals surface area (Å²) in [6, 6.07) is 19.3. The molecule has 0 saturated carbocycles. The van der Waals surface area contributed by atoms with Crippen LogP contribution in [0.5, 0.6) is 11.5 Å². The number of thioether (sulfide) groups is 1. The fourth-order valence-electron chi connectivity index (χ4n) is 5.47. The van der Waals surface area contributed by atoms with Crippen LogP contribution in [0.2, 0.25) is 5.02 Å². The second kappa shape index (κ2) is 13.6. The van der Waals surface area contributed by atoms with Crippen LogP contribution in [0.1, 0.15) is 61.4 Å². The van der Waals surface area contributed by atoms with E-state index in [0.29, 0.717) is 45.0 Å². The quantitative estimate of drug-likeness (QED) is 0.0431. The van der Waals surface area contributed by atoms with Gasteiger partial charge < -0.3 is 14.6 Å². The minimum atomic E-state index is -0.935. The third-order valence-electron chi connectivity index (χ3n) is 7.68. The number of unbranched alkanes of at least 4 members (excludes halogenated alkanes) is 2. The topological polar surface area (TPSA) is 102 Å². The fourth-order valence-corrected chi connectivity index (χ4v) is 7.42. The van der Waals surface area contributed by atoms with Crippen LogP contribution in [0, 0.1) is 0 Å². The summed E-state index contributed by atoms with van der Waals surface area (Å²) < 4.78 is 12.5. The first-order chi connectivity index (χ1) is 21.8. The molecule has 4 aromatic rings. The molecule has 232 valence electrons. The molecule has 0 spiro atoms. The molecular formula is C34H32ClN3O5S2. The average molecular weight is 662 g/mol. The Balaban J connectivity index is 1.37. The summed E-state index contributed by atoms with van der Waals surface area (Å²) in [5, 5.41) is 21.2. The summed E-state index contributed by atoms with van der Waals surface area (Å²) >= 11 is 8.71. The Morgan fingerprint density at radius 2 is 1.93 bits per heavy atom. The zero-order valence-corrected chi connectivity index (χ0v) is 27.3. The van der Waals surface area contributed by atoms with Crippen molar-refractivity contribution in [2.75, 3.05) is 11.5 Å². The highest BCUT2D eigenvalue weighted by Crippen LogP contribution is 2.45. The highest BCUT2D eigenvalue weighted by atomic mass is 35.5. The molecule has 2 atom stereocenters. The van der Waals surface area contributed by atoms with Crippen LogP contribution >= 0.6 is 34.7 Å². The number of fused-ring (bicyclic) bond motifs is 1. The summed E-state index contributed by atoms with van der Waals surface area (Å²) in [7, 11) is 0. The predicted octanol–water partition coefficient (Wildman–Crippen LogP) is 8.00. The van der Waals surface area contributed by atoms with Crippen molar-refractivity contribution in [3.05, 3.63) is 99.6 Å². The molecule has 1 fully saturated rings. The molecule has 11 heteroatoms. The van der Waals surface area contributed by atoms with Crippen LogP contribution < -0.4 is 14.4 Å². The number of carbonyl (C=O) groups is 2. The summed E-state index contributed by atoms with van der Waals surface area (Å²) in [5.74, 6) is 0.184. The van der Waals surface area contributed by atoms with Gasteiger partial charge in [0.25, 0.3) is 5.78 Å². The highest BCUT2D eigenvalue weighted by molar-refractivity contribution is 8.00. The Kier molecular flexibility index (Phi) is 9.44. The van der Waals surface area contributed by atoms with Crippen molar-refractivity contribution in [3.63, 3.8) is 0 Å². The second-order valence-corrected chi connectivity index (χ2v) is 13.6. The second-order valence-electron chi connectivity index (χ2n) is 11.0. The fraction of sp³-hybridized carbons (Fsp3) is 0.294. The number of rotatable bonds is 11. The van der Waals surface area contributed by atoms with Crippen LogP contribution in [0.3, 0.4) is 0 Å². The van der Waals surface area contributed by atoms with Crippen molar-refractivity contribution in [1.82, 2.24) is 10.2 Å². The van der Waals surface area contributed by atoms with Gasteiger partial charge in [-0.2, -0.15) is 0 Å². The van der Waals surface area contributed by atoms with Gasteiger partial charge in [-0.25, -0.2) is 0 Å². The van der Waals surface area contributed by atoms with E-state index in [9.17, 15) is 14.7 Å². The number of aliphatic hydroxyl groups excluding tert-OH is 1. The largest absolute Gasteiger partial charge is 0.507 e. The number of aromatic nitrogens is 2. The molecule has 45 heavy (non-hydrogen) atoms. The lowest BCUT2D eigenvalue weighted by Gasteiger charge is -2.23. The molecule has 1 amide bonds. The van der Waals surface area contributed by atoms with E-state index in [1.165, 1.54) is 28.0 Å². The smallest absolute Gasteiger partial charge is 0.301 e. The first-order valence-electron chi connectivity index (χ1n) is 14.9. The molecular weight excluding hydrogens is 630 g/mol. The number of Topliss-reactive ketones (excluding diaryl/α,β-unsaturated/α-hetero) is 1. The van der Waals surface area contributed by atoms with Gasteiger partial charge in [0.15, 0.2) is 4.34 Å². The Morgan fingerprint density at radius 3 is 2.73 bits per heavy atom. The molecule has 1 N–H and O–H groups in total. The molecule has 1 saturated heterocycles. The maximum Gasteiger partial charge on any atom is 0.301 e. The van der Waals surface area contributed by atoms with E-state index in [4.69, 9.17) is 21.1 Å². The molecule has 0 radical (unpaired) electrons. The zero-order chi connectivity index (χ0) is 31.5. The summed E-state index contributed by atoms with van der Waals surface area (Å²) in [6.07, 6.45) is 3.76. The highest BCUT2D eigenvalue weighted by Gasteiger charge is 2.48. The van der Waals surface area contributed by atoms with E-state index in [0.717, 1.165) is 36.1 Å². The van der Waals surface area contributed by atoms with Gasteiger partial charge in [-0.1, -0.05) is 78.7 Å². The third kappa shape index (κ3) is 6.73. The van der Waals surface area contributed by atoms with E-state index >= 15 is 0 Å². The number of carbonyl (C=O) groups excluding carboxylic acids is 2.